The van der Waals surface area contributed by atoms with E-state index < -0.39 is 5.54 Å². The van der Waals surface area contributed by atoms with Gasteiger partial charge in [0.05, 0.1) is 11.7 Å². The number of rotatable bonds is 2. The molecule has 0 saturated carbocycles. The summed E-state index contributed by atoms with van der Waals surface area (Å²) in [5, 5.41) is 0. The molecule has 2 atom stereocenters. The minimum absolute atomic E-state index is 0.0225. The van der Waals surface area contributed by atoms with Gasteiger partial charge in [0.2, 0.25) is 5.91 Å². The maximum atomic E-state index is 12.8. The summed E-state index contributed by atoms with van der Waals surface area (Å²) in [5.41, 5.74) is 5.81. The summed E-state index contributed by atoms with van der Waals surface area (Å²) < 4.78 is 5.84. The van der Waals surface area contributed by atoms with Gasteiger partial charge in [0.15, 0.2) is 0 Å². The first-order valence-corrected chi connectivity index (χ1v) is 7.04. The Morgan fingerprint density at radius 3 is 2.55 bits per heavy atom. The van der Waals surface area contributed by atoms with Crippen LogP contribution in [0, 0.1) is 0 Å². The van der Waals surface area contributed by atoms with Crippen LogP contribution >= 0.6 is 0 Å². The first kappa shape index (κ1) is 15.0. The zero-order valence-corrected chi connectivity index (χ0v) is 12.7. The summed E-state index contributed by atoms with van der Waals surface area (Å²) >= 11 is 0. The second kappa shape index (κ2) is 5.19. The van der Waals surface area contributed by atoms with Gasteiger partial charge in [-0.05, 0) is 33.3 Å². The van der Waals surface area contributed by atoms with Gasteiger partial charge in [-0.3, -0.25) is 4.79 Å². The van der Waals surface area contributed by atoms with E-state index in [-0.39, 0.29) is 17.6 Å². The number of nitrogens with two attached hydrogens (primary N) is 1. The molecule has 2 N–H and O–H groups in total. The smallest absolute Gasteiger partial charge is 0.247 e. The number of amides is 1. The molecular weight excluding hydrogens is 252 g/mol. The third-order valence-electron chi connectivity index (χ3n) is 3.67. The molecule has 0 aromatic heterocycles. The van der Waals surface area contributed by atoms with Gasteiger partial charge in [0, 0.05) is 13.1 Å². The molecule has 1 aliphatic heterocycles. The molecule has 0 spiro atoms. The summed E-state index contributed by atoms with van der Waals surface area (Å²) in [4.78, 5) is 14.6. The highest BCUT2D eigenvalue weighted by Crippen LogP contribution is 2.26. The van der Waals surface area contributed by atoms with Gasteiger partial charge in [0.25, 0.3) is 0 Å². The largest absolute Gasteiger partial charge is 0.369 e. The molecule has 1 aliphatic rings. The van der Waals surface area contributed by atoms with E-state index in [0.717, 1.165) is 5.56 Å². The SMILES string of the molecule is CC1CN(C(=O)C(C)(N)c2ccccc2)CC(C)(C)O1. The molecule has 0 radical (unpaired) electrons. The Balaban J connectivity index is 2.22. The summed E-state index contributed by atoms with van der Waals surface area (Å²) in [6.07, 6.45) is 0.0225. The number of hydrogen-bond donors (Lipinski definition) is 1. The van der Waals surface area contributed by atoms with E-state index >= 15 is 0 Å². The van der Waals surface area contributed by atoms with E-state index in [4.69, 9.17) is 10.5 Å². The van der Waals surface area contributed by atoms with E-state index in [0.29, 0.717) is 13.1 Å². The van der Waals surface area contributed by atoms with E-state index in [1.165, 1.54) is 0 Å². The highest BCUT2D eigenvalue weighted by molar-refractivity contribution is 5.87. The normalized spacial score (nSPS) is 25.1. The van der Waals surface area contributed by atoms with Crippen LogP contribution < -0.4 is 5.73 Å². The monoisotopic (exact) mass is 276 g/mol. The average Bonchev–Trinajstić information content (AvgIpc) is 2.36. The Labute approximate surface area is 120 Å². The first-order chi connectivity index (χ1) is 9.22. The lowest BCUT2D eigenvalue weighted by Crippen LogP contribution is -2.59. The van der Waals surface area contributed by atoms with Crippen molar-refractivity contribution < 1.29 is 9.53 Å². The van der Waals surface area contributed by atoms with Gasteiger partial charge in [-0.15, -0.1) is 0 Å². The van der Waals surface area contributed by atoms with Gasteiger partial charge >= 0.3 is 0 Å². The number of ether oxygens (including phenoxy) is 1. The topological polar surface area (TPSA) is 55.6 Å². The van der Waals surface area contributed by atoms with E-state index in [1.807, 2.05) is 56.0 Å². The summed E-state index contributed by atoms with van der Waals surface area (Å²) in [6.45, 7) is 8.91. The number of carbonyl (C=O) groups is 1. The lowest BCUT2D eigenvalue weighted by atomic mass is 9.90. The van der Waals surface area contributed by atoms with Gasteiger partial charge in [-0.1, -0.05) is 30.3 Å². The molecular formula is C16H24N2O2. The molecule has 4 nitrogen and oxygen atoms in total. The van der Waals surface area contributed by atoms with Crippen molar-refractivity contribution in [2.45, 2.75) is 44.9 Å². The molecule has 1 amide bonds. The fourth-order valence-corrected chi connectivity index (χ4v) is 2.84. The molecule has 1 heterocycles. The maximum Gasteiger partial charge on any atom is 0.247 e. The predicted octanol–water partition coefficient (Wildman–Crippen LogP) is 1.89. The Hall–Kier alpha value is -1.39. The number of benzene rings is 1. The van der Waals surface area contributed by atoms with Gasteiger partial charge in [-0.25, -0.2) is 0 Å². The van der Waals surface area contributed by atoms with Crippen molar-refractivity contribution >= 4 is 5.91 Å². The predicted molar refractivity (Wildman–Crippen MR) is 79.2 cm³/mol. The van der Waals surface area contributed by atoms with E-state index in [2.05, 4.69) is 0 Å². The summed E-state index contributed by atoms with van der Waals surface area (Å²) in [7, 11) is 0. The lowest BCUT2D eigenvalue weighted by Gasteiger charge is -2.44. The van der Waals surface area contributed by atoms with Gasteiger partial charge in [-0.2, -0.15) is 0 Å². The van der Waals surface area contributed by atoms with Gasteiger partial charge in [0.1, 0.15) is 5.54 Å². The molecule has 1 aromatic rings. The van der Waals surface area contributed by atoms with Crippen molar-refractivity contribution in [2.75, 3.05) is 13.1 Å². The summed E-state index contributed by atoms with van der Waals surface area (Å²) in [6, 6.07) is 9.52. The van der Waals surface area contributed by atoms with Crippen LogP contribution in [-0.4, -0.2) is 35.6 Å². The molecule has 1 aromatic carbocycles. The molecule has 2 unspecified atom stereocenters. The first-order valence-electron chi connectivity index (χ1n) is 7.04. The van der Waals surface area contributed by atoms with Gasteiger partial charge < -0.3 is 15.4 Å². The average molecular weight is 276 g/mol. The van der Waals surface area contributed by atoms with Crippen molar-refractivity contribution in [3.8, 4) is 0 Å². The molecule has 20 heavy (non-hydrogen) atoms. The minimum atomic E-state index is -1.01. The van der Waals surface area contributed by atoms with Crippen molar-refractivity contribution in [1.29, 1.82) is 0 Å². The zero-order chi connectivity index (χ0) is 15.0. The molecule has 1 saturated heterocycles. The third-order valence-corrected chi connectivity index (χ3v) is 3.67. The molecule has 4 heteroatoms. The highest BCUT2D eigenvalue weighted by atomic mass is 16.5. The quantitative estimate of drug-likeness (QED) is 0.897. The second-order valence-electron chi connectivity index (χ2n) is 6.44. The van der Waals surface area contributed by atoms with Crippen molar-refractivity contribution in [3.63, 3.8) is 0 Å². The number of hydrogen-bond acceptors (Lipinski definition) is 3. The summed E-state index contributed by atoms with van der Waals surface area (Å²) in [5.74, 6) is -0.0491. The van der Waals surface area contributed by atoms with Crippen LogP contribution in [0.1, 0.15) is 33.3 Å². The number of morpholine rings is 1. The van der Waals surface area contributed by atoms with Crippen LogP contribution in [0.5, 0.6) is 0 Å². The van der Waals surface area contributed by atoms with Crippen molar-refractivity contribution in [2.24, 2.45) is 5.73 Å². The van der Waals surface area contributed by atoms with Crippen LogP contribution in [0.3, 0.4) is 0 Å². The molecule has 1 fully saturated rings. The molecule has 2 rings (SSSR count). The fourth-order valence-electron chi connectivity index (χ4n) is 2.84. The van der Waals surface area contributed by atoms with E-state index in [9.17, 15) is 4.79 Å². The van der Waals surface area contributed by atoms with Crippen LogP contribution in [0.25, 0.3) is 0 Å². The minimum Gasteiger partial charge on any atom is -0.369 e. The van der Waals surface area contributed by atoms with Crippen molar-refractivity contribution in [1.82, 2.24) is 4.90 Å². The number of nitrogens with zero attached hydrogens (tertiary/aromatic N) is 1. The maximum absolute atomic E-state index is 12.8. The van der Waals surface area contributed by atoms with Crippen LogP contribution in [-0.2, 0) is 15.1 Å². The van der Waals surface area contributed by atoms with Crippen LogP contribution in [0.4, 0.5) is 0 Å². The van der Waals surface area contributed by atoms with E-state index in [1.54, 1.807) is 6.92 Å². The molecule has 0 aliphatic carbocycles. The zero-order valence-electron chi connectivity index (χ0n) is 12.7. The Morgan fingerprint density at radius 1 is 1.40 bits per heavy atom. The van der Waals surface area contributed by atoms with Crippen molar-refractivity contribution in [3.05, 3.63) is 35.9 Å². The van der Waals surface area contributed by atoms with Crippen LogP contribution in [0.2, 0.25) is 0 Å². The molecule has 110 valence electrons. The standard InChI is InChI=1S/C16H24N2O2/c1-12-10-18(11-15(2,3)20-12)14(19)16(4,17)13-8-6-5-7-9-13/h5-9,12H,10-11,17H2,1-4H3. The number of carbonyl (C=O) groups excluding carboxylic acids is 1. The third kappa shape index (κ3) is 3.02. The fraction of sp³-hybridized carbons (Fsp3) is 0.562. The lowest BCUT2D eigenvalue weighted by molar-refractivity contribution is -0.162. The highest BCUT2D eigenvalue weighted by Gasteiger charge is 2.40. The Bertz CT molecular complexity index is 483. The molecule has 0 bridgehead atoms. The van der Waals surface area contributed by atoms with Crippen LogP contribution in [0.15, 0.2) is 30.3 Å². The Kier molecular flexibility index (Phi) is 3.89. The Morgan fingerprint density at radius 2 is 2.00 bits per heavy atom. The second-order valence-corrected chi connectivity index (χ2v) is 6.44.